The molecule has 2 heterocycles. The lowest BCUT2D eigenvalue weighted by Crippen LogP contribution is -2.39. The fourth-order valence-electron chi connectivity index (χ4n) is 2.01. The van der Waals surface area contributed by atoms with Gasteiger partial charge in [0.1, 0.15) is 5.82 Å². The van der Waals surface area contributed by atoms with Crippen molar-refractivity contribution in [1.29, 1.82) is 0 Å². The first-order valence-corrected chi connectivity index (χ1v) is 6.77. The molecule has 1 saturated heterocycles. The molecule has 5 nitrogen and oxygen atoms in total. The van der Waals surface area contributed by atoms with Crippen LogP contribution in [0.2, 0.25) is 0 Å². The molecule has 0 saturated carbocycles. The fourth-order valence-corrected chi connectivity index (χ4v) is 2.01. The van der Waals surface area contributed by atoms with Gasteiger partial charge < -0.3 is 15.4 Å². The second kappa shape index (κ2) is 7.28. The van der Waals surface area contributed by atoms with E-state index in [0.717, 1.165) is 57.0 Å². The Bertz CT molecular complexity index is 335. The molecule has 1 atom stereocenters. The standard InChI is InChI=1S/C13H22N4O/c1-2-3-11-4-5-13(17-16-11)15-7-6-12-10-14-8-9-18-12/h4-5,12,14H,2-3,6-10H2,1H3,(H,15,17). The Morgan fingerprint density at radius 3 is 3.06 bits per heavy atom. The third-order valence-electron chi connectivity index (χ3n) is 3.00. The number of anilines is 1. The minimum atomic E-state index is 0.318. The Morgan fingerprint density at radius 2 is 2.39 bits per heavy atom. The van der Waals surface area contributed by atoms with Gasteiger partial charge in [-0.05, 0) is 25.0 Å². The van der Waals surface area contributed by atoms with Crippen molar-refractivity contribution in [3.8, 4) is 0 Å². The van der Waals surface area contributed by atoms with Crippen molar-refractivity contribution in [2.75, 3.05) is 31.6 Å². The van der Waals surface area contributed by atoms with Gasteiger partial charge in [-0.15, -0.1) is 5.10 Å². The quantitative estimate of drug-likeness (QED) is 0.795. The summed E-state index contributed by atoms with van der Waals surface area (Å²) < 4.78 is 5.63. The average Bonchev–Trinajstić information content (AvgIpc) is 2.42. The first kappa shape index (κ1) is 13.2. The number of aryl methyl sites for hydroxylation is 1. The van der Waals surface area contributed by atoms with Gasteiger partial charge in [-0.25, -0.2) is 0 Å². The lowest BCUT2D eigenvalue weighted by atomic mass is 10.2. The molecule has 18 heavy (non-hydrogen) atoms. The Balaban J connectivity index is 1.69. The first-order valence-electron chi connectivity index (χ1n) is 6.77. The van der Waals surface area contributed by atoms with Gasteiger partial charge in [-0.3, -0.25) is 0 Å². The number of nitrogens with zero attached hydrogens (tertiary/aromatic N) is 2. The van der Waals surface area contributed by atoms with Crippen molar-refractivity contribution >= 4 is 5.82 Å². The normalized spacial score (nSPS) is 19.7. The number of nitrogens with one attached hydrogen (secondary N) is 2. The number of hydrogen-bond acceptors (Lipinski definition) is 5. The van der Waals surface area contributed by atoms with Crippen LogP contribution in [-0.4, -0.2) is 42.5 Å². The first-order chi connectivity index (χ1) is 8.88. The summed E-state index contributed by atoms with van der Waals surface area (Å²) in [5.41, 5.74) is 1.06. The summed E-state index contributed by atoms with van der Waals surface area (Å²) in [6.45, 7) is 5.74. The van der Waals surface area contributed by atoms with E-state index in [1.165, 1.54) is 0 Å². The van der Waals surface area contributed by atoms with E-state index in [1.54, 1.807) is 0 Å². The van der Waals surface area contributed by atoms with Crippen LogP contribution in [0.15, 0.2) is 12.1 Å². The predicted octanol–water partition coefficient (Wildman–Crippen LogP) is 1.22. The van der Waals surface area contributed by atoms with Crippen LogP contribution in [0, 0.1) is 0 Å². The maximum atomic E-state index is 5.63. The molecular weight excluding hydrogens is 228 g/mol. The molecular formula is C13H22N4O. The predicted molar refractivity (Wildman–Crippen MR) is 71.7 cm³/mol. The fraction of sp³-hybridized carbons (Fsp3) is 0.692. The van der Waals surface area contributed by atoms with E-state index in [4.69, 9.17) is 4.74 Å². The van der Waals surface area contributed by atoms with Gasteiger partial charge in [-0.2, -0.15) is 5.10 Å². The highest BCUT2D eigenvalue weighted by Gasteiger charge is 2.12. The zero-order chi connectivity index (χ0) is 12.6. The molecule has 1 fully saturated rings. The highest BCUT2D eigenvalue weighted by Crippen LogP contribution is 2.06. The van der Waals surface area contributed by atoms with Gasteiger partial charge in [0, 0.05) is 19.6 Å². The lowest BCUT2D eigenvalue weighted by molar-refractivity contribution is 0.0258. The van der Waals surface area contributed by atoms with Crippen molar-refractivity contribution in [2.45, 2.75) is 32.3 Å². The molecule has 0 amide bonds. The zero-order valence-electron chi connectivity index (χ0n) is 11.0. The summed E-state index contributed by atoms with van der Waals surface area (Å²) in [6, 6.07) is 4.04. The molecule has 1 aromatic rings. The molecule has 1 aliphatic rings. The van der Waals surface area contributed by atoms with Crippen LogP contribution in [0.1, 0.15) is 25.5 Å². The molecule has 1 aromatic heterocycles. The summed E-state index contributed by atoms with van der Waals surface area (Å²) in [6.07, 6.45) is 3.41. The van der Waals surface area contributed by atoms with E-state index in [1.807, 2.05) is 12.1 Å². The number of rotatable bonds is 6. The zero-order valence-corrected chi connectivity index (χ0v) is 11.0. The average molecular weight is 250 g/mol. The smallest absolute Gasteiger partial charge is 0.148 e. The Kier molecular flexibility index (Phi) is 5.36. The molecule has 0 aromatic carbocycles. The van der Waals surface area contributed by atoms with E-state index < -0.39 is 0 Å². The largest absolute Gasteiger partial charge is 0.376 e. The molecule has 5 heteroatoms. The Morgan fingerprint density at radius 1 is 1.44 bits per heavy atom. The third-order valence-corrected chi connectivity index (χ3v) is 3.00. The van der Waals surface area contributed by atoms with Gasteiger partial charge in [0.25, 0.3) is 0 Å². The third kappa shape index (κ3) is 4.23. The summed E-state index contributed by atoms with van der Waals surface area (Å²) >= 11 is 0. The molecule has 0 radical (unpaired) electrons. The molecule has 2 N–H and O–H groups in total. The minimum absolute atomic E-state index is 0.318. The van der Waals surface area contributed by atoms with Crippen molar-refractivity contribution in [3.05, 3.63) is 17.8 Å². The minimum Gasteiger partial charge on any atom is -0.376 e. The van der Waals surface area contributed by atoms with Gasteiger partial charge in [0.05, 0.1) is 18.4 Å². The van der Waals surface area contributed by atoms with Gasteiger partial charge >= 0.3 is 0 Å². The SMILES string of the molecule is CCCc1ccc(NCCC2CNCCO2)nn1. The van der Waals surface area contributed by atoms with Crippen LogP contribution in [0.4, 0.5) is 5.82 Å². The summed E-state index contributed by atoms with van der Waals surface area (Å²) in [4.78, 5) is 0. The molecule has 1 aliphatic heterocycles. The van der Waals surface area contributed by atoms with E-state index in [9.17, 15) is 0 Å². The van der Waals surface area contributed by atoms with E-state index in [-0.39, 0.29) is 0 Å². The number of aromatic nitrogens is 2. The van der Waals surface area contributed by atoms with Gasteiger partial charge in [0.15, 0.2) is 0 Å². The van der Waals surface area contributed by atoms with E-state index >= 15 is 0 Å². The van der Waals surface area contributed by atoms with Crippen LogP contribution >= 0.6 is 0 Å². The summed E-state index contributed by atoms with van der Waals surface area (Å²) in [7, 11) is 0. The molecule has 0 aliphatic carbocycles. The number of hydrogen-bond donors (Lipinski definition) is 2. The number of morpholine rings is 1. The maximum Gasteiger partial charge on any atom is 0.148 e. The molecule has 1 unspecified atom stereocenters. The van der Waals surface area contributed by atoms with Gasteiger partial charge in [-0.1, -0.05) is 13.3 Å². The highest BCUT2D eigenvalue weighted by atomic mass is 16.5. The Hall–Kier alpha value is -1.20. The van der Waals surface area contributed by atoms with Crippen molar-refractivity contribution in [1.82, 2.24) is 15.5 Å². The van der Waals surface area contributed by atoms with Gasteiger partial charge in [0.2, 0.25) is 0 Å². The molecule has 100 valence electrons. The van der Waals surface area contributed by atoms with Crippen molar-refractivity contribution in [2.24, 2.45) is 0 Å². The van der Waals surface area contributed by atoms with Crippen molar-refractivity contribution in [3.63, 3.8) is 0 Å². The van der Waals surface area contributed by atoms with E-state index in [0.29, 0.717) is 6.10 Å². The highest BCUT2D eigenvalue weighted by molar-refractivity contribution is 5.32. The van der Waals surface area contributed by atoms with Crippen LogP contribution in [-0.2, 0) is 11.2 Å². The lowest BCUT2D eigenvalue weighted by Gasteiger charge is -2.23. The second-order valence-electron chi connectivity index (χ2n) is 4.57. The monoisotopic (exact) mass is 250 g/mol. The maximum absolute atomic E-state index is 5.63. The van der Waals surface area contributed by atoms with Crippen LogP contribution in [0.5, 0.6) is 0 Å². The molecule has 2 rings (SSSR count). The molecule has 0 bridgehead atoms. The summed E-state index contributed by atoms with van der Waals surface area (Å²) in [5, 5.41) is 14.9. The van der Waals surface area contributed by atoms with Crippen LogP contribution in [0.25, 0.3) is 0 Å². The van der Waals surface area contributed by atoms with Crippen LogP contribution in [0.3, 0.4) is 0 Å². The number of ether oxygens (including phenoxy) is 1. The van der Waals surface area contributed by atoms with Crippen molar-refractivity contribution < 1.29 is 4.74 Å². The van der Waals surface area contributed by atoms with E-state index in [2.05, 4.69) is 27.8 Å². The Labute approximate surface area is 108 Å². The topological polar surface area (TPSA) is 59.1 Å². The summed E-state index contributed by atoms with van der Waals surface area (Å²) in [5.74, 6) is 0.846. The molecule has 0 spiro atoms. The van der Waals surface area contributed by atoms with Crippen LogP contribution < -0.4 is 10.6 Å². The second-order valence-corrected chi connectivity index (χ2v) is 4.57.